The minimum absolute atomic E-state index is 0.0182. The number of nitro groups is 1. The number of carboxylic acids is 1. The summed E-state index contributed by atoms with van der Waals surface area (Å²) in [6.45, 7) is 4.68. The second-order valence-electron chi connectivity index (χ2n) is 5.71. The molecule has 0 radical (unpaired) electrons. The smallest absolute Gasteiger partial charge is 0.331 e. The fourth-order valence-corrected chi connectivity index (χ4v) is 2.09. The SMILES string of the molecule is COCC(C)(NC(=O)c1ccc(C(C)C)c([N+](=O)[O-])c1)C(=O)O. The lowest BCUT2D eigenvalue weighted by molar-refractivity contribution is -0.385. The van der Waals surface area contributed by atoms with Gasteiger partial charge in [0.1, 0.15) is 0 Å². The summed E-state index contributed by atoms with van der Waals surface area (Å²) in [5.74, 6) is -2.06. The fraction of sp³-hybridized carbons (Fsp3) is 0.467. The summed E-state index contributed by atoms with van der Waals surface area (Å²) < 4.78 is 4.81. The van der Waals surface area contributed by atoms with Crippen LogP contribution in [-0.2, 0) is 9.53 Å². The molecule has 1 aromatic rings. The van der Waals surface area contributed by atoms with Crippen LogP contribution >= 0.6 is 0 Å². The minimum Gasteiger partial charge on any atom is -0.479 e. The lowest BCUT2D eigenvalue weighted by Crippen LogP contribution is -2.55. The highest BCUT2D eigenvalue weighted by Crippen LogP contribution is 2.27. The Labute approximate surface area is 133 Å². The summed E-state index contributed by atoms with van der Waals surface area (Å²) in [6, 6.07) is 4.10. The Morgan fingerprint density at radius 3 is 2.48 bits per heavy atom. The third kappa shape index (κ3) is 4.26. The normalized spacial score (nSPS) is 13.4. The Kier molecular flexibility index (Phi) is 5.80. The summed E-state index contributed by atoms with van der Waals surface area (Å²) in [6.07, 6.45) is 0. The number of carbonyl (C=O) groups excluding carboxylic acids is 1. The van der Waals surface area contributed by atoms with Gasteiger partial charge in [-0.15, -0.1) is 0 Å². The summed E-state index contributed by atoms with van der Waals surface area (Å²) >= 11 is 0. The van der Waals surface area contributed by atoms with Crippen LogP contribution in [0.3, 0.4) is 0 Å². The molecule has 1 unspecified atom stereocenters. The van der Waals surface area contributed by atoms with Crippen LogP contribution in [0.2, 0.25) is 0 Å². The zero-order valence-corrected chi connectivity index (χ0v) is 13.5. The molecular formula is C15H20N2O6. The van der Waals surface area contributed by atoms with Gasteiger partial charge in [-0.3, -0.25) is 14.9 Å². The number of nitrogens with zero attached hydrogens (tertiary/aromatic N) is 1. The van der Waals surface area contributed by atoms with Gasteiger partial charge >= 0.3 is 5.97 Å². The summed E-state index contributed by atoms with van der Waals surface area (Å²) in [5, 5.41) is 22.7. The van der Waals surface area contributed by atoms with Gasteiger partial charge in [0.15, 0.2) is 5.54 Å². The number of aliphatic carboxylic acids is 1. The summed E-state index contributed by atoms with van der Waals surface area (Å²) in [4.78, 5) is 34.1. The number of nitrogens with one attached hydrogen (secondary N) is 1. The zero-order chi connectivity index (χ0) is 17.8. The predicted molar refractivity (Wildman–Crippen MR) is 82.6 cm³/mol. The molecular weight excluding hydrogens is 304 g/mol. The Morgan fingerprint density at radius 1 is 1.43 bits per heavy atom. The van der Waals surface area contributed by atoms with Crippen molar-refractivity contribution < 1.29 is 24.4 Å². The Hall–Kier alpha value is -2.48. The minimum atomic E-state index is -1.63. The Balaban J connectivity index is 3.16. The van der Waals surface area contributed by atoms with E-state index >= 15 is 0 Å². The molecule has 0 saturated carbocycles. The van der Waals surface area contributed by atoms with Gasteiger partial charge in [-0.05, 0) is 18.9 Å². The van der Waals surface area contributed by atoms with E-state index in [1.807, 2.05) is 13.8 Å². The largest absolute Gasteiger partial charge is 0.479 e. The number of hydrogen-bond donors (Lipinski definition) is 2. The van der Waals surface area contributed by atoms with E-state index in [1.54, 1.807) is 0 Å². The first kappa shape index (κ1) is 18.6. The van der Waals surface area contributed by atoms with Crippen LogP contribution in [0.5, 0.6) is 0 Å². The highest BCUT2D eigenvalue weighted by molar-refractivity contribution is 5.98. The van der Waals surface area contributed by atoms with Gasteiger partial charge in [0.2, 0.25) is 0 Å². The van der Waals surface area contributed by atoms with Crippen molar-refractivity contribution >= 4 is 17.6 Å². The molecule has 0 fully saturated rings. The monoisotopic (exact) mass is 324 g/mol. The molecule has 126 valence electrons. The van der Waals surface area contributed by atoms with E-state index in [0.717, 1.165) is 6.07 Å². The second kappa shape index (κ2) is 7.19. The number of carboxylic acid groups (broad SMARTS) is 1. The molecule has 2 N–H and O–H groups in total. The predicted octanol–water partition coefficient (Wildman–Crippen LogP) is 1.94. The molecule has 0 aliphatic heterocycles. The molecule has 1 amide bonds. The molecule has 0 spiro atoms. The van der Waals surface area contributed by atoms with E-state index < -0.39 is 22.3 Å². The molecule has 8 nitrogen and oxygen atoms in total. The maximum atomic E-state index is 12.2. The number of nitro benzene ring substituents is 1. The Morgan fingerprint density at radius 2 is 2.04 bits per heavy atom. The lowest BCUT2D eigenvalue weighted by Gasteiger charge is -2.25. The molecule has 23 heavy (non-hydrogen) atoms. The van der Waals surface area contributed by atoms with E-state index in [0.29, 0.717) is 5.56 Å². The van der Waals surface area contributed by atoms with Gasteiger partial charge in [0.25, 0.3) is 11.6 Å². The number of amides is 1. The van der Waals surface area contributed by atoms with Crippen molar-refractivity contribution in [2.75, 3.05) is 13.7 Å². The molecule has 1 aromatic carbocycles. The number of methoxy groups -OCH3 is 1. The third-order valence-electron chi connectivity index (χ3n) is 3.41. The van der Waals surface area contributed by atoms with Gasteiger partial charge in [-0.25, -0.2) is 4.79 Å². The molecule has 1 rings (SSSR count). The molecule has 0 heterocycles. The first-order valence-corrected chi connectivity index (χ1v) is 6.95. The zero-order valence-electron chi connectivity index (χ0n) is 13.5. The van der Waals surface area contributed by atoms with Gasteiger partial charge in [0.05, 0.1) is 11.5 Å². The van der Waals surface area contributed by atoms with Crippen molar-refractivity contribution in [2.45, 2.75) is 32.2 Å². The number of rotatable bonds is 7. The highest BCUT2D eigenvalue weighted by Gasteiger charge is 2.35. The van der Waals surface area contributed by atoms with Crippen LogP contribution in [-0.4, -0.2) is 41.2 Å². The summed E-state index contributed by atoms with van der Waals surface area (Å²) in [5.41, 5.74) is -1.28. The number of benzene rings is 1. The van der Waals surface area contributed by atoms with Crippen molar-refractivity contribution in [1.29, 1.82) is 0 Å². The highest BCUT2D eigenvalue weighted by atomic mass is 16.6. The number of hydrogen-bond acceptors (Lipinski definition) is 5. The van der Waals surface area contributed by atoms with Crippen LogP contribution in [0, 0.1) is 10.1 Å². The van der Waals surface area contributed by atoms with Crippen molar-refractivity contribution in [3.8, 4) is 0 Å². The first-order chi connectivity index (χ1) is 10.6. The van der Waals surface area contributed by atoms with E-state index in [1.165, 1.54) is 26.2 Å². The molecule has 8 heteroatoms. The van der Waals surface area contributed by atoms with Crippen molar-refractivity contribution in [3.63, 3.8) is 0 Å². The fourth-order valence-electron chi connectivity index (χ4n) is 2.09. The van der Waals surface area contributed by atoms with Crippen LogP contribution in [0.25, 0.3) is 0 Å². The molecule has 0 aliphatic rings. The maximum Gasteiger partial charge on any atom is 0.331 e. The van der Waals surface area contributed by atoms with E-state index in [-0.39, 0.29) is 23.8 Å². The third-order valence-corrected chi connectivity index (χ3v) is 3.41. The van der Waals surface area contributed by atoms with Crippen LogP contribution < -0.4 is 5.32 Å². The molecule has 0 saturated heterocycles. The quantitative estimate of drug-likeness (QED) is 0.584. The standard InChI is InChI=1S/C15H20N2O6/c1-9(2)11-6-5-10(7-12(11)17(21)22)13(18)16-15(3,8-23-4)14(19)20/h5-7,9H,8H2,1-4H3,(H,16,18)(H,19,20). The lowest BCUT2D eigenvalue weighted by atomic mass is 9.98. The van der Waals surface area contributed by atoms with Crippen LogP contribution in [0.15, 0.2) is 18.2 Å². The summed E-state index contributed by atoms with van der Waals surface area (Å²) in [7, 11) is 1.32. The van der Waals surface area contributed by atoms with Crippen LogP contribution in [0.4, 0.5) is 5.69 Å². The maximum absolute atomic E-state index is 12.2. The van der Waals surface area contributed by atoms with Gasteiger partial charge in [0, 0.05) is 24.3 Å². The second-order valence-corrected chi connectivity index (χ2v) is 5.71. The topological polar surface area (TPSA) is 119 Å². The first-order valence-electron chi connectivity index (χ1n) is 6.95. The van der Waals surface area contributed by atoms with Gasteiger partial charge in [-0.1, -0.05) is 19.9 Å². The van der Waals surface area contributed by atoms with E-state index in [4.69, 9.17) is 4.74 Å². The average molecular weight is 324 g/mol. The molecule has 0 aliphatic carbocycles. The van der Waals surface area contributed by atoms with Gasteiger partial charge in [-0.2, -0.15) is 0 Å². The molecule has 0 bridgehead atoms. The van der Waals surface area contributed by atoms with E-state index in [9.17, 15) is 24.8 Å². The van der Waals surface area contributed by atoms with Crippen molar-refractivity contribution in [1.82, 2.24) is 5.32 Å². The van der Waals surface area contributed by atoms with Crippen molar-refractivity contribution in [3.05, 3.63) is 39.4 Å². The van der Waals surface area contributed by atoms with E-state index in [2.05, 4.69) is 5.32 Å². The van der Waals surface area contributed by atoms with Crippen molar-refractivity contribution in [2.24, 2.45) is 0 Å². The van der Waals surface area contributed by atoms with Crippen LogP contribution in [0.1, 0.15) is 42.6 Å². The average Bonchev–Trinajstić information content (AvgIpc) is 2.46. The number of ether oxygens (including phenoxy) is 1. The Bertz CT molecular complexity index is 628. The molecule has 1 atom stereocenters. The number of carbonyl (C=O) groups is 2. The molecule has 0 aromatic heterocycles. The van der Waals surface area contributed by atoms with Gasteiger partial charge < -0.3 is 15.2 Å².